The fourth-order valence-electron chi connectivity index (χ4n) is 2.44. The molecule has 1 aliphatic heterocycles. The average molecular weight is 358 g/mol. The van der Waals surface area contributed by atoms with Crippen LogP contribution >= 0.6 is 23.1 Å². The number of hydrogen-bond donors (Lipinski definition) is 0. The molecule has 4 nitrogen and oxygen atoms in total. The van der Waals surface area contributed by atoms with E-state index in [0.29, 0.717) is 11.7 Å². The number of carbonyl (C=O) groups is 1. The highest BCUT2D eigenvalue weighted by molar-refractivity contribution is 8.15. The third-order valence-corrected chi connectivity index (χ3v) is 5.67. The van der Waals surface area contributed by atoms with Crippen molar-refractivity contribution < 1.29 is 4.79 Å². The molecule has 1 aliphatic rings. The van der Waals surface area contributed by atoms with Gasteiger partial charge in [0.15, 0.2) is 5.17 Å². The first-order chi connectivity index (χ1) is 11.8. The molecule has 1 unspecified atom stereocenters. The summed E-state index contributed by atoms with van der Waals surface area (Å²) < 4.78 is 0. The van der Waals surface area contributed by atoms with Crippen LogP contribution in [0.4, 0.5) is 0 Å². The molecule has 0 N–H and O–H groups in total. The molecule has 1 amide bonds. The largest absolute Gasteiger partial charge is 0.284 e. The highest BCUT2D eigenvalue weighted by Gasteiger charge is 2.37. The average Bonchev–Trinajstić information content (AvgIpc) is 3.21. The van der Waals surface area contributed by atoms with Crippen LogP contribution in [0.15, 0.2) is 58.0 Å². The van der Waals surface area contributed by atoms with E-state index in [9.17, 15) is 4.79 Å². The van der Waals surface area contributed by atoms with Gasteiger partial charge in [-0.05, 0) is 23.4 Å². The van der Waals surface area contributed by atoms with E-state index in [1.165, 1.54) is 11.8 Å². The van der Waals surface area contributed by atoms with Gasteiger partial charge in [0.25, 0.3) is 0 Å². The molecule has 1 saturated heterocycles. The lowest BCUT2D eigenvalue weighted by Gasteiger charge is -2.15. The monoisotopic (exact) mass is 357 g/mol. The van der Waals surface area contributed by atoms with Gasteiger partial charge in [0.05, 0.1) is 18.0 Å². The molecule has 1 atom stereocenters. The van der Waals surface area contributed by atoms with E-state index in [2.05, 4.69) is 17.1 Å². The molecule has 1 fully saturated rings. The fraction of sp³-hybridized carbons (Fsp3) is 0.278. The molecule has 0 bridgehead atoms. The van der Waals surface area contributed by atoms with Crippen molar-refractivity contribution in [1.29, 1.82) is 0 Å². The first kappa shape index (κ1) is 16.9. The number of amides is 1. The molecular formula is C18H19N3OS2. The Morgan fingerprint density at radius 2 is 2.04 bits per heavy atom. The number of carbonyl (C=O) groups excluding carboxylic acids is 1. The van der Waals surface area contributed by atoms with Gasteiger partial charge in [0, 0.05) is 4.88 Å². The third-order valence-electron chi connectivity index (χ3n) is 3.63. The van der Waals surface area contributed by atoms with Crippen LogP contribution in [-0.4, -0.2) is 27.4 Å². The van der Waals surface area contributed by atoms with E-state index < -0.39 is 0 Å². The third kappa shape index (κ3) is 4.13. The number of rotatable bonds is 6. The molecule has 6 heteroatoms. The van der Waals surface area contributed by atoms with Crippen molar-refractivity contribution in [2.45, 2.75) is 31.6 Å². The van der Waals surface area contributed by atoms with Gasteiger partial charge in [-0.25, -0.2) is 0 Å². The first-order valence-corrected chi connectivity index (χ1v) is 9.70. The van der Waals surface area contributed by atoms with Gasteiger partial charge < -0.3 is 0 Å². The zero-order valence-electron chi connectivity index (χ0n) is 13.5. The summed E-state index contributed by atoms with van der Waals surface area (Å²) in [4.78, 5) is 15.5. The maximum absolute atomic E-state index is 12.7. The van der Waals surface area contributed by atoms with E-state index in [1.807, 2.05) is 47.8 Å². The molecule has 124 valence electrons. The summed E-state index contributed by atoms with van der Waals surface area (Å²) in [7, 11) is 0. The van der Waals surface area contributed by atoms with Crippen LogP contribution in [0.3, 0.4) is 0 Å². The second-order valence-corrected chi connectivity index (χ2v) is 7.60. The summed E-state index contributed by atoms with van der Waals surface area (Å²) in [6.45, 7) is 2.64. The fourth-order valence-corrected chi connectivity index (χ4v) is 4.23. The number of thioether (sulfide) groups is 1. The summed E-state index contributed by atoms with van der Waals surface area (Å²) >= 11 is 3.14. The van der Waals surface area contributed by atoms with Crippen molar-refractivity contribution in [3.63, 3.8) is 0 Å². The minimum absolute atomic E-state index is 0.0469. The van der Waals surface area contributed by atoms with Gasteiger partial charge in [-0.1, -0.05) is 61.5 Å². The number of nitrogens with zero attached hydrogens (tertiary/aromatic N) is 3. The lowest BCUT2D eigenvalue weighted by Crippen LogP contribution is -2.31. The van der Waals surface area contributed by atoms with Crippen molar-refractivity contribution in [2.75, 3.05) is 0 Å². The summed E-state index contributed by atoms with van der Waals surface area (Å²) in [5.74, 6) is 0.135. The Kier molecular flexibility index (Phi) is 5.82. The van der Waals surface area contributed by atoms with E-state index in [-0.39, 0.29) is 11.2 Å². The molecule has 1 aromatic carbocycles. The Morgan fingerprint density at radius 3 is 2.75 bits per heavy atom. The van der Waals surface area contributed by atoms with Crippen molar-refractivity contribution in [3.8, 4) is 0 Å². The Hall–Kier alpha value is -1.92. The van der Waals surface area contributed by atoms with Crippen LogP contribution in [-0.2, 0) is 11.3 Å². The number of benzene rings is 1. The highest BCUT2D eigenvalue weighted by Crippen LogP contribution is 2.31. The van der Waals surface area contributed by atoms with E-state index >= 15 is 0 Å². The Labute approximate surface area is 150 Å². The Morgan fingerprint density at radius 1 is 1.21 bits per heavy atom. The number of hydrogen-bond acceptors (Lipinski definition) is 5. The molecule has 2 heterocycles. The summed E-state index contributed by atoms with van der Waals surface area (Å²) in [6.07, 6.45) is 3.58. The first-order valence-electron chi connectivity index (χ1n) is 7.94. The normalized spacial score (nSPS) is 19.7. The van der Waals surface area contributed by atoms with Crippen LogP contribution in [0.1, 0.15) is 30.2 Å². The van der Waals surface area contributed by atoms with Crippen molar-refractivity contribution in [3.05, 3.63) is 58.3 Å². The molecule has 0 saturated carbocycles. The molecule has 2 aromatic rings. The van der Waals surface area contributed by atoms with Crippen molar-refractivity contribution >= 4 is 40.4 Å². The lowest BCUT2D eigenvalue weighted by molar-refractivity contribution is -0.126. The minimum atomic E-state index is -0.0469. The van der Waals surface area contributed by atoms with Gasteiger partial charge in [0.1, 0.15) is 0 Å². The second-order valence-electron chi connectivity index (χ2n) is 5.45. The van der Waals surface area contributed by atoms with Gasteiger partial charge in [-0.2, -0.15) is 5.10 Å². The SMILES string of the molecule is CCCC1SC(=NN=Cc2cccs2)N(Cc2ccccc2)C1=O. The molecule has 0 spiro atoms. The maximum Gasteiger partial charge on any atom is 0.242 e. The zero-order chi connectivity index (χ0) is 16.8. The summed E-state index contributed by atoms with van der Waals surface area (Å²) in [5, 5.41) is 11.1. The van der Waals surface area contributed by atoms with E-state index in [0.717, 1.165) is 23.3 Å². The molecule has 3 rings (SSSR count). The van der Waals surface area contributed by atoms with Crippen molar-refractivity contribution in [1.82, 2.24) is 4.90 Å². The van der Waals surface area contributed by atoms with Crippen molar-refractivity contribution in [2.24, 2.45) is 10.2 Å². The van der Waals surface area contributed by atoms with Crippen LogP contribution in [0.2, 0.25) is 0 Å². The predicted molar refractivity (Wildman–Crippen MR) is 103 cm³/mol. The quantitative estimate of drug-likeness (QED) is 0.569. The summed E-state index contributed by atoms with van der Waals surface area (Å²) in [5.41, 5.74) is 1.10. The highest BCUT2D eigenvalue weighted by atomic mass is 32.2. The Balaban J connectivity index is 1.79. The molecule has 0 radical (unpaired) electrons. The standard InChI is InChI=1S/C18H19N3OS2/c1-2-7-16-17(22)21(13-14-8-4-3-5-9-14)18(24-16)20-19-12-15-10-6-11-23-15/h3-6,8-12,16H,2,7,13H2,1H3. The maximum atomic E-state index is 12.7. The predicted octanol–water partition coefficient (Wildman–Crippen LogP) is 4.38. The second kappa shape index (κ2) is 8.26. The molecular weight excluding hydrogens is 338 g/mol. The van der Waals surface area contributed by atoms with E-state index in [1.54, 1.807) is 22.5 Å². The van der Waals surface area contributed by atoms with Gasteiger partial charge in [-0.15, -0.1) is 16.4 Å². The van der Waals surface area contributed by atoms with E-state index in [4.69, 9.17) is 0 Å². The van der Waals surface area contributed by atoms with Crippen LogP contribution in [0.25, 0.3) is 0 Å². The van der Waals surface area contributed by atoms with Crippen LogP contribution < -0.4 is 0 Å². The van der Waals surface area contributed by atoms with Crippen LogP contribution in [0, 0.1) is 0 Å². The Bertz CT molecular complexity index is 726. The minimum Gasteiger partial charge on any atom is -0.284 e. The number of thiophene rings is 1. The smallest absolute Gasteiger partial charge is 0.242 e. The van der Waals surface area contributed by atoms with Crippen LogP contribution in [0.5, 0.6) is 0 Å². The summed E-state index contributed by atoms with van der Waals surface area (Å²) in [6, 6.07) is 14.0. The van der Waals surface area contributed by atoms with Gasteiger partial charge in [-0.3, -0.25) is 9.69 Å². The van der Waals surface area contributed by atoms with Gasteiger partial charge >= 0.3 is 0 Å². The lowest BCUT2D eigenvalue weighted by atomic mass is 10.2. The molecule has 1 aromatic heterocycles. The molecule has 0 aliphatic carbocycles. The topological polar surface area (TPSA) is 45.0 Å². The molecule has 24 heavy (non-hydrogen) atoms. The van der Waals surface area contributed by atoms with Gasteiger partial charge in [0.2, 0.25) is 5.91 Å². The number of amidine groups is 1. The zero-order valence-corrected chi connectivity index (χ0v) is 15.1.